The number of carboxylic acids is 1. The molecule has 0 atom stereocenters. The molecule has 8 heteroatoms. The van der Waals surface area contributed by atoms with Gasteiger partial charge in [0.05, 0.1) is 4.88 Å². The van der Waals surface area contributed by atoms with Gasteiger partial charge in [-0.3, -0.25) is 0 Å². The zero-order valence-corrected chi connectivity index (χ0v) is 44.6. The summed E-state index contributed by atoms with van der Waals surface area (Å²) in [6.07, 6.45) is 16.0. The molecule has 0 bridgehead atoms. The van der Waals surface area contributed by atoms with E-state index in [0.29, 0.717) is 0 Å². The number of para-hydroxylation sites is 3. The molecule has 5 heterocycles. The van der Waals surface area contributed by atoms with Gasteiger partial charge in [-0.15, -0.1) is 22.7 Å². The third kappa shape index (κ3) is 9.26. The highest BCUT2D eigenvalue weighted by Gasteiger charge is 2.23. The number of hydrogen-bond acceptors (Lipinski definition) is 4. The van der Waals surface area contributed by atoms with E-state index >= 15 is 0 Å². The molecule has 0 aliphatic heterocycles. The van der Waals surface area contributed by atoms with Crippen molar-refractivity contribution in [1.29, 1.82) is 5.26 Å². The minimum absolute atomic E-state index is 0.283. The number of carbonyl (C=O) groups is 1. The molecule has 1 N–H and O–H groups in total. The minimum atomic E-state index is -1.23. The van der Waals surface area contributed by atoms with E-state index in [2.05, 4.69) is 174 Å². The molecule has 0 aliphatic carbocycles. The molecular weight excluding hydrogens is 945 g/mol. The van der Waals surface area contributed by atoms with E-state index in [1.165, 1.54) is 140 Å². The number of nitrogens with zero attached hydrogens (tertiary/aromatic N) is 4. The molecule has 5 aromatic heterocycles. The quantitative estimate of drug-likeness (QED) is 0.0443. The second kappa shape index (κ2) is 21.7. The lowest BCUT2D eigenvalue weighted by atomic mass is 9.98. The highest BCUT2D eigenvalue weighted by atomic mass is 32.1. The van der Waals surface area contributed by atoms with Gasteiger partial charge in [0, 0.05) is 111 Å². The van der Waals surface area contributed by atoms with Crippen molar-refractivity contribution in [2.75, 3.05) is 0 Å². The van der Waals surface area contributed by atoms with Gasteiger partial charge < -0.3 is 18.8 Å². The van der Waals surface area contributed by atoms with Crippen LogP contribution in [0.2, 0.25) is 0 Å². The van der Waals surface area contributed by atoms with Crippen LogP contribution in [0.4, 0.5) is 0 Å². The Kier molecular flexibility index (Phi) is 14.4. The topological polar surface area (TPSA) is 75.9 Å². The van der Waals surface area contributed by atoms with Crippen molar-refractivity contribution in [1.82, 2.24) is 13.7 Å². The summed E-state index contributed by atoms with van der Waals surface area (Å²) in [4.78, 5) is 16.4. The average molecular weight is 1010 g/mol. The second-order valence-electron chi connectivity index (χ2n) is 20.1. The van der Waals surface area contributed by atoms with E-state index < -0.39 is 5.97 Å². The maximum absolute atomic E-state index is 12.3. The lowest BCUT2D eigenvalue weighted by molar-refractivity contribution is -0.132. The van der Waals surface area contributed by atoms with Gasteiger partial charge in [-0.05, 0) is 109 Å². The molecule has 0 fully saturated rings. The van der Waals surface area contributed by atoms with Gasteiger partial charge in [-0.1, -0.05) is 151 Å². The smallest absolute Gasteiger partial charge is 0.346 e. The Labute approximate surface area is 442 Å². The maximum Gasteiger partial charge on any atom is 0.346 e. The number of unbranched alkanes of at least 4 members (excludes halogenated alkanes) is 9. The molecule has 0 radical (unpaired) electrons. The van der Waals surface area contributed by atoms with Crippen LogP contribution in [0.15, 0.2) is 145 Å². The Balaban J connectivity index is 1.11. The number of aliphatic carboxylic acids is 1. The largest absolute Gasteiger partial charge is 0.477 e. The first-order chi connectivity index (χ1) is 36.4. The molecule has 0 saturated carbocycles. The molecule has 6 aromatic carbocycles. The number of fused-ring (bicyclic) bond motifs is 9. The molecule has 0 aliphatic rings. The van der Waals surface area contributed by atoms with Gasteiger partial charge >= 0.3 is 5.97 Å². The molecule has 0 amide bonds. The summed E-state index contributed by atoms with van der Waals surface area (Å²) in [5, 5.41) is 27.6. The summed E-state index contributed by atoms with van der Waals surface area (Å²) in [7, 11) is 0. The molecule has 372 valence electrons. The first-order valence-electron chi connectivity index (χ1n) is 27.1. The summed E-state index contributed by atoms with van der Waals surface area (Å²) in [6, 6.07) is 53.9. The number of aryl methyl sites for hydroxylation is 3. The summed E-state index contributed by atoms with van der Waals surface area (Å²) < 4.78 is 7.53. The Morgan fingerprint density at radius 3 is 1.31 bits per heavy atom. The van der Waals surface area contributed by atoms with E-state index in [-0.39, 0.29) is 5.57 Å². The predicted molar refractivity (Wildman–Crippen MR) is 317 cm³/mol. The third-order valence-corrected chi connectivity index (χ3v) is 17.7. The lowest BCUT2D eigenvalue weighted by Crippen LogP contribution is -1.97. The van der Waals surface area contributed by atoms with Gasteiger partial charge in [0.25, 0.3) is 0 Å². The summed E-state index contributed by atoms with van der Waals surface area (Å²) >= 11 is 3.36. The predicted octanol–water partition coefficient (Wildman–Crippen LogP) is 19.5. The van der Waals surface area contributed by atoms with Crippen molar-refractivity contribution in [3.8, 4) is 48.5 Å². The summed E-state index contributed by atoms with van der Waals surface area (Å²) in [6.45, 7) is 9.74. The molecular formula is C66H64N4O2S2. The minimum Gasteiger partial charge on any atom is -0.477 e. The van der Waals surface area contributed by atoms with Crippen molar-refractivity contribution in [3.05, 3.63) is 150 Å². The molecule has 74 heavy (non-hydrogen) atoms. The van der Waals surface area contributed by atoms with Crippen LogP contribution >= 0.6 is 22.7 Å². The molecule has 0 spiro atoms. The highest BCUT2D eigenvalue weighted by Crippen LogP contribution is 2.51. The van der Waals surface area contributed by atoms with Crippen LogP contribution in [0, 0.1) is 11.3 Å². The van der Waals surface area contributed by atoms with E-state index in [0.717, 1.165) is 75.8 Å². The fraction of sp³-hybridized carbons (Fsp3) is 0.273. The maximum atomic E-state index is 12.3. The lowest BCUT2D eigenvalue weighted by Gasteiger charge is -2.09. The number of carboxylic acid groups (broad SMARTS) is 1. The van der Waals surface area contributed by atoms with Gasteiger partial charge in [0.1, 0.15) is 11.6 Å². The van der Waals surface area contributed by atoms with Crippen molar-refractivity contribution in [3.63, 3.8) is 0 Å². The van der Waals surface area contributed by atoms with Crippen molar-refractivity contribution < 1.29 is 9.90 Å². The van der Waals surface area contributed by atoms with E-state index in [1.54, 1.807) is 22.7 Å². The van der Waals surface area contributed by atoms with E-state index in [1.807, 2.05) is 6.07 Å². The Morgan fingerprint density at radius 1 is 0.473 bits per heavy atom. The molecule has 6 nitrogen and oxygen atoms in total. The summed E-state index contributed by atoms with van der Waals surface area (Å²) in [5.74, 6) is -1.23. The number of nitriles is 1. The van der Waals surface area contributed by atoms with Crippen LogP contribution < -0.4 is 0 Å². The van der Waals surface area contributed by atoms with Crippen LogP contribution in [-0.4, -0.2) is 24.8 Å². The third-order valence-electron chi connectivity index (χ3n) is 15.3. The van der Waals surface area contributed by atoms with Crippen LogP contribution in [0.5, 0.6) is 0 Å². The van der Waals surface area contributed by atoms with Crippen LogP contribution in [0.3, 0.4) is 0 Å². The van der Waals surface area contributed by atoms with Gasteiger partial charge in [0.2, 0.25) is 0 Å². The number of benzene rings is 6. The van der Waals surface area contributed by atoms with Crippen molar-refractivity contribution >= 4 is 100 Å². The van der Waals surface area contributed by atoms with E-state index in [9.17, 15) is 15.2 Å². The Morgan fingerprint density at radius 2 is 0.878 bits per heavy atom. The highest BCUT2D eigenvalue weighted by molar-refractivity contribution is 7.25. The number of rotatable bonds is 21. The van der Waals surface area contributed by atoms with Crippen LogP contribution in [-0.2, 0) is 24.4 Å². The molecule has 0 saturated heterocycles. The zero-order chi connectivity index (χ0) is 50.7. The first kappa shape index (κ1) is 49.1. The Hall–Kier alpha value is -7.18. The monoisotopic (exact) mass is 1010 g/mol. The van der Waals surface area contributed by atoms with Gasteiger partial charge in [0.15, 0.2) is 0 Å². The van der Waals surface area contributed by atoms with Gasteiger partial charge in [-0.25, -0.2) is 4.79 Å². The van der Waals surface area contributed by atoms with E-state index in [4.69, 9.17) is 0 Å². The number of hydrogen-bond donors (Lipinski definition) is 1. The number of aromatic nitrogens is 3. The fourth-order valence-corrected chi connectivity index (χ4v) is 14.0. The normalized spacial score (nSPS) is 12.2. The number of thiophene rings is 2. The standard InChI is InChI=1S/C66H64N4O2S2/c1-4-7-10-19-34-68-57-25-16-13-22-49(57)54-38-44(28-31-60(54)68)52-41-48(37-47(43-67)66(71)72)73-65(52)63-42-53(45-29-32-61-55(39-45)50-23-14-17-26-58(50)69(61)35-20-11-8-5-2)64(74-63)46-30-33-62-56(40-46)51-24-15-18-27-59(51)70(62)36-21-12-9-6-3/h13-18,22-33,37-42H,4-12,19-21,34-36H2,1-3H3,(H,71,72)/b47-37+. The van der Waals surface area contributed by atoms with Crippen molar-refractivity contribution in [2.45, 2.75) is 117 Å². The average Bonchev–Trinajstić information content (AvgIpc) is 4.26. The van der Waals surface area contributed by atoms with Crippen molar-refractivity contribution in [2.24, 2.45) is 0 Å². The Bertz CT molecular complexity index is 3790. The molecule has 0 unspecified atom stereocenters. The fourth-order valence-electron chi connectivity index (χ4n) is 11.5. The van der Waals surface area contributed by atoms with Gasteiger partial charge in [-0.2, -0.15) is 5.26 Å². The summed E-state index contributed by atoms with van der Waals surface area (Å²) in [5.41, 5.74) is 12.8. The van der Waals surface area contributed by atoms with Crippen LogP contribution in [0.1, 0.15) is 103 Å². The van der Waals surface area contributed by atoms with Crippen LogP contribution in [0.25, 0.3) is 114 Å². The second-order valence-corrected chi connectivity index (χ2v) is 22.2. The SMILES string of the molecule is CCCCCCn1c2ccccc2c2cc(-c3cc(-c4sc(/C=C(\C#N)C(=O)O)cc4-c4ccc5c(c4)c4ccccc4n5CCCCCC)sc3-c3ccc4c(c3)c3ccccc3n4CCCCCC)ccc21. The molecule has 11 rings (SSSR count). The molecule has 11 aromatic rings. The zero-order valence-electron chi connectivity index (χ0n) is 42.9. The first-order valence-corrected chi connectivity index (χ1v) is 28.7.